The van der Waals surface area contributed by atoms with E-state index in [2.05, 4.69) is 52.3 Å². The fraction of sp³-hybridized carbons (Fsp3) is 0.118. The molecule has 1 aliphatic heterocycles. The second-order valence-electron chi connectivity index (χ2n) is 6.03. The van der Waals surface area contributed by atoms with E-state index in [1.807, 2.05) is 12.1 Å². The molecule has 28 heavy (non-hydrogen) atoms. The number of benzene rings is 1. The van der Waals surface area contributed by atoms with Crippen LogP contribution >= 0.6 is 43.6 Å². The lowest BCUT2D eigenvalue weighted by Gasteiger charge is -2.13. The zero-order valence-electron chi connectivity index (χ0n) is 14.1. The molecule has 1 aromatic carbocycles. The maximum atomic E-state index is 12.6. The van der Waals surface area contributed by atoms with E-state index in [1.165, 1.54) is 11.8 Å². The fourth-order valence-corrected chi connectivity index (χ4v) is 5.02. The molecule has 0 N–H and O–H groups in total. The lowest BCUT2D eigenvalue weighted by Crippen LogP contribution is -2.21. The molecule has 11 heteroatoms. The third kappa shape index (κ3) is 2.93. The number of halogens is 2. The Bertz CT molecular complexity index is 1340. The van der Waals surface area contributed by atoms with Crippen LogP contribution in [-0.4, -0.2) is 31.5 Å². The average Bonchev–Trinajstić information content (AvgIpc) is 3.27. The van der Waals surface area contributed by atoms with Gasteiger partial charge in [-0.2, -0.15) is 9.78 Å². The van der Waals surface area contributed by atoms with Crippen LogP contribution in [0.3, 0.4) is 0 Å². The van der Waals surface area contributed by atoms with Crippen LogP contribution < -0.4 is 5.63 Å². The highest BCUT2D eigenvalue weighted by Gasteiger charge is 2.24. The van der Waals surface area contributed by atoms with Gasteiger partial charge < -0.3 is 8.94 Å². The van der Waals surface area contributed by atoms with Gasteiger partial charge in [0, 0.05) is 21.7 Å². The first-order chi connectivity index (χ1) is 13.5. The van der Waals surface area contributed by atoms with Crippen LogP contribution in [0.25, 0.3) is 22.5 Å². The second kappa shape index (κ2) is 6.68. The second-order valence-corrected chi connectivity index (χ2v) is 8.74. The standard InChI is InChI=1S/C17H9Br2N5O3S/c1-7-2-12(23-27-7)15-20-21-17-24(15)22-13(6-28-17)10-4-8-3-9(18)5-11(19)14(8)26-16(10)25/h2-5H,6H2,1H3. The maximum absolute atomic E-state index is 12.6. The van der Waals surface area contributed by atoms with Crippen LogP contribution in [0.5, 0.6) is 0 Å². The van der Waals surface area contributed by atoms with E-state index in [0.29, 0.717) is 49.5 Å². The smallest absolute Gasteiger partial charge is 0.345 e. The molecule has 8 nitrogen and oxygen atoms in total. The van der Waals surface area contributed by atoms with E-state index >= 15 is 0 Å². The minimum atomic E-state index is -0.453. The predicted octanol–water partition coefficient (Wildman–Crippen LogP) is 4.23. The van der Waals surface area contributed by atoms with E-state index in [4.69, 9.17) is 8.94 Å². The van der Waals surface area contributed by atoms with Crippen LogP contribution in [0.15, 0.2) is 57.2 Å². The highest BCUT2D eigenvalue weighted by Crippen LogP contribution is 2.30. The van der Waals surface area contributed by atoms with Crippen LogP contribution in [0.1, 0.15) is 11.3 Å². The number of rotatable bonds is 2. The number of fused-ring (bicyclic) bond motifs is 2. The Labute approximate surface area is 178 Å². The quantitative estimate of drug-likeness (QED) is 0.363. The van der Waals surface area contributed by atoms with Gasteiger partial charge in [0.15, 0.2) is 11.3 Å². The summed E-state index contributed by atoms with van der Waals surface area (Å²) in [5.74, 6) is 1.58. The molecule has 4 heterocycles. The van der Waals surface area contributed by atoms with Gasteiger partial charge in [-0.3, -0.25) is 0 Å². The summed E-state index contributed by atoms with van der Waals surface area (Å²) in [5.41, 5.74) is 1.53. The minimum Gasteiger partial charge on any atom is -0.421 e. The predicted molar refractivity (Wildman–Crippen MR) is 111 cm³/mol. The molecular formula is C17H9Br2N5O3S. The van der Waals surface area contributed by atoms with Crippen LogP contribution in [-0.2, 0) is 0 Å². The van der Waals surface area contributed by atoms with E-state index in [9.17, 15) is 4.79 Å². The zero-order valence-corrected chi connectivity index (χ0v) is 18.1. The molecule has 0 bridgehead atoms. The molecule has 0 unspecified atom stereocenters. The third-order valence-corrected chi connectivity index (χ3v) is 6.07. The van der Waals surface area contributed by atoms with Gasteiger partial charge in [-0.25, -0.2) is 4.79 Å². The Hall–Kier alpha value is -2.24. The summed E-state index contributed by atoms with van der Waals surface area (Å²) in [6.45, 7) is 1.80. The van der Waals surface area contributed by atoms with Crippen molar-refractivity contribution in [3.63, 3.8) is 0 Å². The lowest BCUT2D eigenvalue weighted by atomic mass is 10.1. The monoisotopic (exact) mass is 521 g/mol. The molecule has 0 amide bonds. The van der Waals surface area contributed by atoms with Crippen LogP contribution in [0, 0.1) is 6.92 Å². The Morgan fingerprint density at radius 1 is 1.18 bits per heavy atom. The van der Waals surface area contributed by atoms with Crippen molar-refractivity contribution in [2.45, 2.75) is 12.1 Å². The number of aromatic nitrogens is 4. The van der Waals surface area contributed by atoms with Gasteiger partial charge in [-0.1, -0.05) is 32.8 Å². The SMILES string of the molecule is Cc1cc(-c2nnc3n2N=C(c2cc4cc(Br)cc(Br)c4oc2=O)CS3)no1. The molecule has 0 aliphatic carbocycles. The fourth-order valence-electron chi connectivity index (χ4n) is 2.85. The van der Waals surface area contributed by atoms with Gasteiger partial charge in [0.1, 0.15) is 5.76 Å². The van der Waals surface area contributed by atoms with Crippen LogP contribution in [0.2, 0.25) is 0 Å². The van der Waals surface area contributed by atoms with Gasteiger partial charge >= 0.3 is 5.63 Å². The van der Waals surface area contributed by atoms with Crippen molar-refractivity contribution >= 4 is 60.3 Å². The zero-order chi connectivity index (χ0) is 19.4. The average molecular weight is 523 g/mol. The minimum absolute atomic E-state index is 0.395. The van der Waals surface area contributed by atoms with Crippen molar-refractivity contribution in [1.82, 2.24) is 20.0 Å². The van der Waals surface area contributed by atoms with Crippen molar-refractivity contribution in [3.05, 3.63) is 55.0 Å². The molecule has 3 aromatic heterocycles. The Kier molecular flexibility index (Phi) is 4.25. The van der Waals surface area contributed by atoms with E-state index in [-0.39, 0.29) is 0 Å². The Morgan fingerprint density at radius 3 is 2.82 bits per heavy atom. The highest BCUT2D eigenvalue weighted by molar-refractivity contribution is 9.11. The number of thioether (sulfide) groups is 1. The number of aryl methyl sites for hydroxylation is 1. The summed E-state index contributed by atoms with van der Waals surface area (Å²) in [7, 11) is 0. The summed E-state index contributed by atoms with van der Waals surface area (Å²) >= 11 is 8.31. The summed E-state index contributed by atoms with van der Waals surface area (Å²) in [5, 5.41) is 18.3. The van der Waals surface area contributed by atoms with Crippen molar-refractivity contribution in [1.29, 1.82) is 0 Å². The number of hydrogen-bond donors (Lipinski definition) is 0. The number of nitrogens with zero attached hydrogens (tertiary/aromatic N) is 5. The first-order valence-corrected chi connectivity index (χ1v) is 10.6. The van der Waals surface area contributed by atoms with Crippen molar-refractivity contribution in [3.8, 4) is 11.5 Å². The van der Waals surface area contributed by atoms with Crippen molar-refractivity contribution < 1.29 is 8.94 Å². The highest BCUT2D eigenvalue weighted by atomic mass is 79.9. The maximum Gasteiger partial charge on any atom is 0.345 e. The molecule has 0 atom stereocenters. The first kappa shape index (κ1) is 17.8. The summed E-state index contributed by atoms with van der Waals surface area (Å²) in [6.07, 6.45) is 0. The molecule has 140 valence electrons. The van der Waals surface area contributed by atoms with Gasteiger partial charge in [0.25, 0.3) is 0 Å². The molecule has 0 radical (unpaired) electrons. The lowest BCUT2D eigenvalue weighted by molar-refractivity contribution is 0.399. The van der Waals surface area contributed by atoms with E-state index < -0.39 is 5.63 Å². The van der Waals surface area contributed by atoms with Gasteiger partial charge in [0.05, 0.1) is 15.7 Å². The Morgan fingerprint density at radius 2 is 2.04 bits per heavy atom. The first-order valence-electron chi connectivity index (χ1n) is 8.02. The molecule has 0 fully saturated rings. The van der Waals surface area contributed by atoms with Gasteiger partial charge in [-0.05, 0) is 41.1 Å². The molecule has 4 aromatic rings. The van der Waals surface area contributed by atoms with Crippen LogP contribution in [0.4, 0.5) is 0 Å². The van der Waals surface area contributed by atoms with Crippen molar-refractivity contribution in [2.75, 3.05) is 5.75 Å². The van der Waals surface area contributed by atoms with E-state index in [0.717, 1.165) is 9.86 Å². The molecule has 0 saturated carbocycles. The topological polar surface area (TPSA) is 99.3 Å². The number of hydrogen-bond acceptors (Lipinski definition) is 8. The largest absolute Gasteiger partial charge is 0.421 e. The van der Waals surface area contributed by atoms with Crippen molar-refractivity contribution in [2.24, 2.45) is 5.10 Å². The molecule has 0 spiro atoms. The molecule has 0 saturated heterocycles. The molecule has 5 rings (SSSR count). The molecule has 1 aliphatic rings. The summed E-state index contributed by atoms with van der Waals surface area (Å²) < 4.78 is 13.8. The van der Waals surface area contributed by atoms with E-state index in [1.54, 1.807) is 23.7 Å². The Balaban J connectivity index is 1.67. The summed E-state index contributed by atoms with van der Waals surface area (Å²) in [4.78, 5) is 12.6. The van der Waals surface area contributed by atoms with Gasteiger partial charge in [-0.15, -0.1) is 10.2 Å². The third-order valence-electron chi connectivity index (χ3n) is 4.09. The summed E-state index contributed by atoms with van der Waals surface area (Å²) in [6, 6.07) is 7.25. The van der Waals surface area contributed by atoms with Gasteiger partial charge in [0.2, 0.25) is 11.0 Å². The normalized spacial score (nSPS) is 13.6. The molecular weight excluding hydrogens is 514 g/mol.